The Morgan fingerprint density at radius 1 is 1.33 bits per heavy atom. The van der Waals surface area contributed by atoms with Crippen LogP contribution in [-0.4, -0.2) is 0 Å². The van der Waals surface area contributed by atoms with Gasteiger partial charge in [0.05, 0.1) is 0 Å². The van der Waals surface area contributed by atoms with E-state index in [4.69, 9.17) is 0 Å². The van der Waals surface area contributed by atoms with Crippen LogP contribution in [0.2, 0.25) is 0 Å². The average Bonchev–Trinajstić information content (AvgIpc) is 2.28. The van der Waals surface area contributed by atoms with Crippen LogP contribution in [0.1, 0.15) is 31.7 Å². The number of benzene rings is 1. The topological polar surface area (TPSA) is 0 Å². The lowest BCUT2D eigenvalue weighted by Gasteiger charge is -1.99. The Kier molecular flexibility index (Phi) is 7.18. The van der Waals surface area contributed by atoms with Gasteiger partial charge in [-0.3, -0.25) is 0 Å². The van der Waals surface area contributed by atoms with Crippen LogP contribution < -0.4 is 0 Å². The van der Waals surface area contributed by atoms with Gasteiger partial charge in [0.25, 0.3) is 0 Å². The van der Waals surface area contributed by atoms with Crippen LogP contribution in [0.5, 0.6) is 0 Å². The molecule has 0 aliphatic heterocycles. The number of hydrogen-bond donors (Lipinski definition) is 0. The zero-order chi connectivity index (χ0) is 10.9. The first-order valence-corrected chi connectivity index (χ1v) is 7.45. The number of allylic oxidation sites excluding steroid dienone is 1. The molecule has 0 fully saturated rings. The lowest BCUT2D eigenvalue weighted by atomic mass is 10.2. The molecule has 0 aromatic heterocycles. The van der Waals surface area contributed by atoms with Crippen molar-refractivity contribution in [3.8, 4) is 0 Å². The Bertz CT molecular complexity index is 293. The van der Waals surface area contributed by atoms with Gasteiger partial charge < -0.3 is 0 Å². The van der Waals surface area contributed by atoms with Crippen LogP contribution >= 0.6 is 34.4 Å². The third-order valence-corrected chi connectivity index (χ3v) is 4.30. The van der Waals surface area contributed by atoms with E-state index in [1.165, 1.54) is 28.4 Å². The number of thioether (sulfide) groups is 1. The van der Waals surface area contributed by atoms with Gasteiger partial charge >= 0.3 is 0 Å². The minimum Gasteiger partial charge on any atom is -0.129 e. The molecule has 0 aliphatic carbocycles. The van der Waals surface area contributed by atoms with Crippen molar-refractivity contribution in [3.05, 3.63) is 44.9 Å². The first kappa shape index (κ1) is 13.1. The van der Waals surface area contributed by atoms with Crippen molar-refractivity contribution in [1.82, 2.24) is 0 Å². The van der Waals surface area contributed by atoms with Crippen LogP contribution in [0, 0.1) is 0 Å². The fraction of sp³-hybridized carbons (Fsp3) is 0.385. The van der Waals surface area contributed by atoms with Crippen molar-refractivity contribution in [2.75, 3.05) is 0 Å². The van der Waals surface area contributed by atoms with Gasteiger partial charge in [0.2, 0.25) is 0 Å². The minimum atomic E-state index is 1.08. The minimum absolute atomic E-state index is 1.08. The van der Waals surface area contributed by atoms with Crippen LogP contribution in [0.3, 0.4) is 0 Å². The maximum absolute atomic E-state index is 2.45. The first-order valence-electron chi connectivity index (χ1n) is 5.33. The van der Waals surface area contributed by atoms with Crippen LogP contribution in [0.4, 0.5) is 0 Å². The summed E-state index contributed by atoms with van der Waals surface area (Å²) in [6, 6.07) is 10.6. The Labute approximate surface area is 111 Å². The molecule has 0 saturated carbocycles. The molecule has 0 N–H and O–H groups in total. The lowest BCUT2D eigenvalue weighted by Crippen LogP contribution is -1.77. The van der Waals surface area contributed by atoms with E-state index in [-0.39, 0.29) is 0 Å². The molecule has 0 spiro atoms. The highest BCUT2D eigenvalue weighted by Crippen LogP contribution is 2.21. The molecule has 82 valence electrons. The monoisotopic (exact) mass is 332 g/mol. The van der Waals surface area contributed by atoms with Gasteiger partial charge in [0.15, 0.2) is 0 Å². The van der Waals surface area contributed by atoms with Gasteiger partial charge in [-0.15, -0.1) is 11.8 Å². The second-order valence-electron chi connectivity index (χ2n) is 3.46. The first-order chi connectivity index (χ1) is 7.33. The molecule has 1 aromatic rings. The molecule has 15 heavy (non-hydrogen) atoms. The summed E-state index contributed by atoms with van der Waals surface area (Å²) in [7, 11) is 0. The zero-order valence-electron chi connectivity index (χ0n) is 9.08. The Hall–Kier alpha value is 0.0400. The smallest absolute Gasteiger partial charge is 0.0226 e. The molecule has 0 unspecified atom stereocenters. The molecule has 2 heteroatoms. The summed E-state index contributed by atoms with van der Waals surface area (Å²) in [4.78, 5) is 0. The summed E-state index contributed by atoms with van der Waals surface area (Å²) in [6.07, 6.45) is 3.82. The van der Waals surface area contributed by atoms with Crippen molar-refractivity contribution >= 4 is 34.4 Å². The van der Waals surface area contributed by atoms with Gasteiger partial charge in [-0.05, 0) is 50.0 Å². The number of halogens is 1. The number of rotatable bonds is 6. The summed E-state index contributed by atoms with van der Waals surface area (Å²) < 4.78 is 1.48. The molecule has 0 nitrogen and oxygen atoms in total. The van der Waals surface area contributed by atoms with Gasteiger partial charge in [-0.25, -0.2) is 0 Å². The molecule has 0 bridgehead atoms. The van der Waals surface area contributed by atoms with Crippen LogP contribution in [-0.2, 0) is 5.75 Å². The molecular formula is C13H17IS. The third-order valence-electron chi connectivity index (χ3n) is 2.07. The van der Waals surface area contributed by atoms with E-state index in [1.54, 1.807) is 0 Å². The second kappa shape index (κ2) is 8.22. The maximum Gasteiger partial charge on any atom is 0.0226 e. The molecule has 1 rings (SSSR count). The van der Waals surface area contributed by atoms with Gasteiger partial charge in [0.1, 0.15) is 0 Å². The summed E-state index contributed by atoms with van der Waals surface area (Å²) in [5.41, 5.74) is 1.40. The van der Waals surface area contributed by atoms with E-state index in [9.17, 15) is 0 Å². The van der Waals surface area contributed by atoms with Crippen molar-refractivity contribution in [3.63, 3.8) is 0 Å². The largest absolute Gasteiger partial charge is 0.129 e. The van der Waals surface area contributed by atoms with E-state index in [2.05, 4.69) is 65.3 Å². The number of unbranched alkanes of at least 4 members (excludes halogenated alkanes) is 1. The van der Waals surface area contributed by atoms with Crippen molar-refractivity contribution < 1.29 is 0 Å². The van der Waals surface area contributed by atoms with Gasteiger partial charge in [0, 0.05) is 5.75 Å². The highest BCUT2D eigenvalue weighted by molar-refractivity contribution is 14.1. The van der Waals surface area contributed by atoms with E-state index in [1.807, 2.05) is 11.8 Å². The molecule has 0 heterocycles. The molecule has 1 aromatic carbocycles. The summed E-state index contributed by atoms with van der Waals surface area (Å²) in [5.74, 6) is 1.08. The second-order valence-corrected chi connectivity index (χ2v) is 5.71. The predicted octanol–water partition coefficient (Wildman–Crippen LogP) is 5.39. The maximum atomic E-state index is 2.45. The Morgan fingerprint density at radius 2 is 2.07 bits per heavy atom. The van der Waals surface area contributed by atoms with Crippen LogP contribution in [0.15, 0.2) is 39.3 Å². The third kappa shape index (κ3) is 6.25. The Morgan fingerprint density at radius 3 is 2.73 bits per heavy atom. The lowest BCUT2D eigenvalue weighted by molar-refractivity contribution is 0.813. The van der Waals surface area contributed by atoms with E-state index in [0.717, 1.165) is 5.75 Å². The molecular weight excluding hydrogens is 315 g/mol. The van der Waals surface area contributed by atoms with Crippen molar-refractivity contribution in [2.24, 2.45) is 0 Å². The average molecular weight is 332 g/mol. The highest BCUT2D eigenvalue weighted by atomic mass is 127. The standard InChI is InChI=1S/C13H17IS/c1-2-3-9-13(14)11-15-10-12-7-5-4-6-8-12/h4-8,11H,2-3,9-10H2,1H3/b13-11+. The van der Waals surface area contributed by atoms with E-state index < -0.39 is 0 Å². The predicted molar refractivity (Wildman–Crippen MR) is 79.4 cm³/mol. The van der Waals surface area contributed by atoms with Crippen molar-refractivity contribution in [2.45, 2.75) is 31.9 Å². The Balaban J connectivity index is 2.26. The van der Waals surface area contributed by atoms with Crippen molar-refractivity contribution in [1.29, 1.82) is 0 Å². The van der Waals surface area contributed by atoms with E-state index >= 15 is 0 Å². The fourth-order valence-corrected chi connectivity index (χ4v) is 2.89. The molecule has 0 radical (unpaired) electrons. The van der Waals surface area contributed by atoms with Crippen LogP contribution in [0.25, 0.3) is 0 Å². The fourth-order valence-electron chi connectivity index (χ4n) is 1.21. The van der Waals surface area contributed by atoms with E-state index in [0.29, 0.717) is 0 Å². The quantitative estimate of drug-likeness (QED) is 0.630. The van der Waals surface area contributed by atoms with Gasteiger partial charge in [-0.2, -0.15) is 0 Å². The summed E-state index contributed by atoms with van der Waals surface area (Å²) in [6.45, 7) is 2.24. The molecule has 0 atom stereocenters. The SMILES string of the molecule is CCCC/C(I)=C\SCc1ccccc1. The number of hydrogen-bond acceptors (Lipinski definition) is 1. The normalized spacial score (nSPS) is 11.7. The molecule has 0 saturated heterocycles. The summed E-state index contributed by atoms with van der Waals surface area (Å²) >= 11 is 4.34. The molecule has 0 aliphatic rings. The van der Waals surface area contributed by atoms with Gasteiger partial charge in [-0.1, -0.05) is 43.7 Å². The highest BCUT2D eigenvalue weighted by Gasteiger charge is 1.93. The summed E-state index contributed by atoms with van der Waals surface area (Å²) in [5, 5.41) is 2.29. The zero-order valence-corrected chi connectivity index (χ0v) is 12.1. The molecule has 0 amide bonds.